The van der Waals surface area contributed by atoms with Crippen molar-refractivity contribution < 1.29 is 14.3 Å². The summed E-state index contributed by atoms with van der Waals surface area (Å²) >= 11 is 6.26. The van der Waals surface area contributed by atoms with E-state index in [2.05, 4.69) is 10.3 Å². The molecule has 2 aromatic carbocycles. The number of anilines is 1. The lowest BCUT2D eigenvalue weighted by molar-refractivity contribution is -0.110. The van der Waals surface area contributed by atoms with E-state index < -0.39 is 0 Å². The average Bonchev–Trinajstić information content (AvgIpc) is 2.89. The van der Waals surface area contributed by atoms with Crippen molar-refractivity contribution in [2.45, 2.75) is 6.92 Å². The van der Waals surface area contributed by atoms with Crippen LogP contribution in [-0.4, -0.2) is 25.8 Å². The molecule has 0 radical (unpaired) electrons. The van der Waals surface area contributed by atoms with Gasteiger partial charge in [-0.2, -0.15) is 0 Å². The zero-order chi connectivity index (χ0) is 16.6. The number of hydrogen-bond donors (Lipinski definition) is 1. The summed E-state index contributed by atoms with van der Waals surface area (Å²) in [6, 6.07) is 8.83. The Labute approximate surface area is 138 Å². The second-order valence-electron chi connectivity index (χ2n) is 5.07. The van der Waals surface area contributed by atoms with Crippen LogP contribution in [0.4, 0.5) is 11.4 Å². The second-order valence-corrected chi connectivity index (χ2v) is 5.47. The minimum Gasteiger partial charge on any atom is -0.497 e. The van der Waals surface area contributed by atoms with Crippen LogP contribution in [-0.2, 0) is 4.79 Å². The van der Waals surface area contributed by atoms with Crippen LogP contribution < -0.4 is 14.8 Å². The van der Waals surface area contributed by atoms with Crippen LogP contribution in [0.25, 0.3) is 0 Å². The Hall–Kier alpha value is -2.53. The van der Waals surface area contributed by atoms with Crippen LogP contribution in [0.5, 0.6) is 11.5 Å². The molecule has 23 heavy (non-hydrogen) atoms. The van der Waals surface area contributed by atoms with Crippen LogP contribution in [0.1, 0.15) is 11.1 Å². The smallest absolute Gasteiger partial charge is 0.275 e. The summed E-state index contributed by atoms with van der Waals surface area (Å²) in [4.78, 5) is 16.8. The number of aryl methyl sites for hydroxylation is 1. The molecule has 0 spiro atoms. The van der Waals surface area contributed by atoms with Gasteiger partial charge in [0, 0.05) is 11.6 Å². The molecule has 1 N–H and O–H groups in total. The molecule has 0 unspecified atom stereocenters. The molecule has 1 heterocycles. The van der Waals surface area contributed by atoms with Crippen LogP contribution >= 0.6 is 11.6 Å². The molecule has 0 bridgehead atoms. The number of aliphatic imine (C=N–C) groups is 1. The SMILES string of the molecule is COc1ccc(N=C2C(=O)Nc3c(C)ccc(Cl)c32)c(OC)c1. The maximum atomic E-state index is 12.3. The number of halogens is 1. The van der Waals surface area contributed by atoms with Crippen LogP contribution in [0.15, 0.2) is 35.3 Å². The zero-order valence-corrected chi connectivity index (χ0v) is 13.7. The van der Waals surface area contributed by atoms with Gasteiger partial charge in [0.2, 0.25) is 0 Å². The lowest BCUT2D eigenvalue weighted by Gasteiger charge is -2.08. The van der Waals surface area contributed by atoms with Gasteiger partial charge in [-0.1, -0.05) is 17.7 Å². The van der Waals surface area contributed by atoms with Gasteiger partial charge in [-0.25, -0.2) is 4.99 Å². The molecule has 0 fully saturated rings. The molecular formula is C17H15ClN2O3. The normalized spacial score (nSPS) is 14.6. The summed E-state index contributed by atoms with van der Waals surface area (Å²) in [5, 5.41) is 3.30. The van der Waals surface area contributed by atoms with Gasteiger partial charge in [0.05, 0.1) is 24.9 Å². The van der Waals surface area contributed by atoms with Gasteiger partial charge in [0.15, 0.2) is 0 Å². The highest BCUT2D eigenvalue weighted by Crippen LogP contribution is 2.37. The van der Waals surface area contributed by atoms with Crippen LogP contribution in [0, 0.1) is 6.92 Å². The minimum absolute atomic E-state index is 0.275. The van der Waals surface area contributed by atoms with E-state index in [0.717, 1.165) is 5.56 Å². The topological polar surface area (TPSA) is 59.9 Å². The number of hydrogen-bond acceptors (Lipinski definition) is 4. The van der Waals surface area contributed by atoms with E-state index in [9.17, 15) is 4.79 Å². The summed E-state index contributed by atoms with van der Waals surface area (Å²) in [6.45, 7) is 1.91. The van der Waals surface area contributed by atoms with E-state index in [1.807, 2.05) is 13.0 Å². The van der Waals surface area contributed by atoms with E-state index in [1.54, 1.807) is 31.4 Å². The highest BCUT2D eigenvalue weighted by atomic mass is 35.5. The largest absolute Gasteiger partial charge is 0.497 e. The van der Waals surface area contributed by atoms with E-state index in [-0.39, 0.29) is 11.6 Å². The summed E-state index contributed by atoms with van der Waals surface area (Å²) < 4.78 is 10.5. The molecule has 1 amide bonds. The van der Waals surface area contributed by atoms with E-state index in [0.29, 0.717) is 33.5 Å². The van der Waals surface area contributed by atoms with E-state index >= 15 is 0 Å². The summed E-state index contributed by atoms with van der Waals surface area (Å²) in [5.41, 5.74) is 3.06. The monoisotopic (exact) mass is 330 g/mol. The van der Waals surface area contributed by atoms with Crippen molar-refractivity contribution in [1.29, 1.82) is 0 Å². The van der Waals surface area contributed by atoms with Crippen molar-refractivity contribution in [2.75, 3.05) is 19.5 Å². The summed E-state index contributed by atoms with van der Waals surface area (Å²) in [5.74, 6) is 0.881. The molecular weight excluding hydrogens is 316 g/mol. The molecule has 6 heteroatoms. The lowest BCUT2D eigenvalue weighted by atomic mass is 10.1. The highest BCUT2D eigenvalue weighted by molar-refractivity contribution is 6.57. The van der Waals surface area contributed by atoms with Gasteiger partial charge in [-0.05, 0) is 30.7 Å². The molecule has 0 aromatic heterocycles. The van der Waals surface area contributed by atoms with Gasteiger partial charge in [-0.3, -0.25) is 4.79 Å². The quantitative estimate of drug-likeness (QED) is 0.932. The molecule has 118 valence electrons. The molecule has 2 aromatic rings. The van der Waals surface area contributed by atoms with Crippen molar-refractivity contribution >= 4 is 34.6 Å². The molecule has 1 aliphatic rings. The molecule has 0 saturated heterocycles. The number of methoxy groups -OCH3 is 2. The third-order valence-corrected chi connectivity index (χ3v) is 3.99. The number of carbonyl (C=O) groups excluding carboxylic acids is 1. The predicted molar refractivity (Wildman–Crippen MR) is 90.6 cm³/mol. The number of carbonyl (C=O) groups is 1. The molecule has 5 nitrogen and oxygen atoms in total. The third kappa shape index (κ3) is 2.64. The van der Waals surface area contributed by atoms with Crippen molar-refractivity contribution in [3.05, 3.63) is 46.5 Å². The van der Waals surface area contributed by atoms with E-state index in [4.69, 9.17) is 21.1 Å². The van der Waals surface area contributed by atoms with E-state index in [1.165, 1.54) is 7.11 Å². The number of benzene rings is 2. The lowest BCUT2D eigenvalue weighted by Crippen LogP contribution is -2.14. The number of fused-ring (bicyclic) bond motifs is 1. The first-order valence-corrected chi connectivity index (χ1v) is 7.34. The first kappa shape index (κ1) is 15.4. The number of nitrogens with zero attached hydrogens (tertiary/aromatic N) is 1. The number of amides is 1. The fourth-order valence-corrected chi connectivity index (χ4v) is 2.71. The number of rotatable bonds is 3. The Morgan fingerprint density at radius 3 is 2.61 bits per heavy atom. The molecule has 0 aliphatic carbocycles. The second kappa shape index (κ2) is 5.93. The average molecular weight is 331 g/mol. The minimum atomic E-state index is -0.283. The zero-order valence-electron chi connectivity index (χ0n) is 12.9. The maximum absolute atomic E-state index is 12.3. The molecule has 3 rings (SSSR count). The summed E-state index contributed by atoms with van der Waals surface area (Å²) in [7, 11) is 3.11. The predicted octanol–water partition coefficient (Wildman–Crippen LogP) is 3.74. The molecule has 0 atom stereocenters. The first-order valence-electron chi connectivity index (χ1n) is 6.96. The van der Waals surface area contributed by atoms with Gasteiger partial charge in [-0.15, -0.1) is 0 Å². The van der Waals surface area contributed by atoms with Gasteiger partial charge >= 0.3 is 0 Å². The first-order chi connectivity index (χ1) is 11.0. The highest BCUT2D eigenvalue weighted by Gasteiger charge is 2.30. The van der Waals surface area contributed by atoms with Crippen LogP contribution in [0.2, 0.25) is 5.02 Å². The maximum Gasteiger partial charge on any atom is 0.275 e. The van der Waals surface area contributed by atoms with Crippen molar-refractivity contribution in [2.24, 2.45) is 4.99 Å². The Balaban J connectivity index is 2.16. The van der Waals surface area contributed by atoms with Crippen molar-refractivity contribution in [3.63, 3.8) is 0 Å². The standard InChI is InChI=1S/C17H15ClN2O3/c1-9-4-6-11(18)14-15(9)20-17(21)16(14)19-12-7-5-10(22-2)8-13(12)23-3/h4-8H,1-3H3,(H,19,20,21). The Morgan fingerprint density at radius 2 is 1.91 bits per heavy atom. The third-order valence-electron chi connectivity index (χ3n) is 3.67. The molecule has 0 saturated carbocycles. The fourth-order valence-electron chi connectivity index (χ4n) is 2.46. The number of ether oxygens (including phenoxy) is 2. The van der Waals surface area contributed by atoms with Gasteiger partial charge < -0.3 is 14.8 Å². The van der Waals surface area contributed by atoms with Crippen LogP contribution in [0.3, 0.4) is 0 Å². The fraction of sp³-hybridized carbons (Fsp3) is 0.176. The summed E-state index contributed by atoms with van der Waals surface area (Å²) in [6.07, 6.45) is 0. The Bertz CT molecular complexity index is 831. The molecule has 1 aliphatic heterocycles. The number of nitrogens with one attached hydrogen (secondary N) is 1. The van der Waals surface area contributed by atoms with Crippen molar-refractivity contribution in [3.8, 4) is 11.5 Å². The van der Waals surface area contributed by atoms with Crippen molar-refractivity contribution in [1.82, 2.24) is 0 Å². The van der Waals surface area contributed by atoms with Gasteiger partial charge in [0.25, 0.3) is 5.91 Å². The Morgan fingerprint density at radius 1 is 1.13 bits per heavy atom. The van der Waals surface area contributed by atoms with Gasteiger partial charge in [0.1, 0.15) is 22.9 Å². The Kier molecular flexibility index (Phi) is 3.96.